The first-order valence-electron chi connectivity index (χ1n) is 15.4. The van der Waals surface area contributed by atoms with Gasteiger partial charge in [0.2, 0.25) is 0 Å². The Morgan fingerprint density at radius 3 is 2.31 bits per heavy atom. The second-order valence-electron chi connectivity index (χ2n) is 12.9. The summed E-state index contributed by atoms with van der Waals surface area (Å²) in [4.78, 5) is 45.3. The summed E-state index contributed by atoms with van der Waals surface area (Å²) in [5.41, 5.74) is 1.52. The standard InChI is InChI=1S/C33H33ClF5N9O3/c1-31(2,39)16-33(20-9-6-18(7-10-20)24-41-12-5-13-42-24)27(49)47(29(40)45-33)23(15-51-30(50)46-32(3,4)26(35)36)19-8-11-22(34)21(14-19)25-43-17-44-48(25)28(37)38/h5-14,17,23,26,28H,15-16H2,1-4H3,(H2,40,45)(H,46,50)/t23?,33-/m1/s1. The molecular formula is C33H33ClF5N9O3. The minimum absolute atomic E-state index is 0.0184. The van der Waals surface area contributed by atoms with E-state index < -0.39 is 66.8 Å². The van der Waals surface area contributed by atoms with E-state index in [0.717, 1.165) is 25.1 Å². The molecule has 3 N–H and O–H groups in total. The second-order valence-corrected chi connectivity index (χ2v) is 13.3. The molecular weight excluding hydrogens is 701 g/mol. The summed E-state index contributed by atoms with van der Waals surface area (Å²) in [6.45, 7) is 0.909. The summed E-state index contributed by atoms with van der Waals surface area (Å²) < 4.78 is 75.8. The molecule has 0 radical (unpaired) electrons. The minimum atomic E-state index is -3.09. The highest BCUT2D eigenvalue weighted by atomic mass is 35.5. The molecule has 0 saturated carbocycles. The number of alkyl carbamates (subject to hydrolysis) is 1. The second kappa shape index (κ2) is 14.2. The highest BCUT2D eigenvalue weighted by molar-refractivity contribution is 6.33. The van der Waals surface area contributed by atoms with Crippen molar-refractivity contribution >= 4 is 29.6 Å². The molecule has 0 bridgehead atoms. The number of nitrogens with two attached hydrogens (primary N) is 1. The molecule has 18 heteroatoms. The number of hydrogen-bond acceptors (Lipinski definition) is 9. The highest BCUT2D eigenvalue weighted by Gasteiger charge is 2.54. The number of carbonyl (C=O) groups excluding carboxylic acids is 2. The number of guanidine groups is 1. The lowest BCUT2D eigenvalue weighted by molar-refractivity contribution is -0.135. The normalized spacial score (nSPS) is 17.2. The van der Waals surface area contributed by atoms with Crippen molar-refractivity contribution in [3.8, 4) is 22.8 Å². The average molecular weight is 734 g/mol. The van der Waals surface area contributed by atoms with Crippen LogP contribution in [-0.4, -0.2) is 71.8 Å². The van der Waals surface area contributed by atoms with Crippen molar-refractivity contribution in [1.29, 1.82) is 0 Å². The molecule has 2 aromatic heterocycles. The zero-order valence-corrected chi connectivity index (χ0v) is 28.5. The van der Waals surface area contributed by atoms with Gasteiger partial charge in [-0.2, -0.15) is 18.6 Å². The summed E-state index contributed by atoms with van der Waals surface area (Å²) in [6.07, 6.45) is -0.672. The Hall–Kier alpha value is -5.19. The van der Waals surface area contributed by atoms with Crippen LogP contribution in [0.25, 0.3) is 22.8 Å². The number of hydrogen-bond donors (Lipinski definition) is 2. The number of rotatable bonds is 12. The van der Waals surface area contributed by atoms with E-state index in [1.165, 1.54) is 32.0 Å². The molecule has 12 nitrogen and oxygen atoms in total. The number of aromatic nitrogens is 5. The smallest absolute Gasteiger partial charge is 0.407 e. The molecule has 2 aromatic carbocycles. The van der Waals surface area contributed by atoms with Gasteiger partial charge in [-0.1, -0.05) is 41.9 Å². The lowest BCUT2D eigenvalue weighted by Gasteiger charge is -2.34. The maximum absolute atomic E-state index is 15.6. The van der Waals surface area contributed by atoms with Crippen molar-refractivity contribution in [2.45, 2.75) is 69.9 Å². The van der Waals surface area contributed by atoms with Gasteiger partial charge in [0, 0.05) is 29.9 Å². The molecule has 51 heavy (non-hydrogen) atoms. The monoisotopic (exact) mass is 733 g/mol. The van der Waals surface area contributed by atoms with Gasteiger partial charge in [0.1, 0.15) is 18.6 Å². The van der Waals surface area contributed by atoms with Gasteiger partial charge in [-0.15, -0.1) is 0 Å². The number of aliphatic imine (C=N–C) groups is 1. The Kier molecular flexibility index (Phi) is 10.3. The summed E-state index contributed by atoms with van der Waals surface area (Å²) in [5.74, 6) is -1.13. The van der Waals surface area contributed by atoms with Gasteiger partial charge in [0.25, 0.3) is 12.3 Å². The Morgan fingerprint density at radius 2 is 1.71 bits per heavy atom. The van der Waals surface area contributed by atoms with Crippen LogP contribution in [0.5, 0.6) is 0 Å². The maximum atomic E-state index is 15.6. The molecule has 0 fully saturated rings. The number of carbonyl (C=O) groups is 2. The molecule has 4 aromatic rings. The zero-order valence-electron chi connectivity index (χ0n) is 27.7. The van der Waals surface area contributed by atoms with Crippen molar-refractivity contribution < 1.29 is 36.3 Å². The number of alkyl halides is 5. The van der Waals surface area contributed by atoms with E-state index in [1.807, 2.05) is 0 Å². The van der Waals surface area contributed by atoms with Gasteiger partial charge in [0.15, 0.2) is 23.1 Å². The van der Waals surface area contributed by atoms with Crippen LogP contribution in [-0.2, 0) is 15.1 Å². The van der Waals surface area contributed by atoms with E-state index >= 15 is 4.39 Å². The molecule has 270 valence electrons. The molecule has 1 aliphatic heterocycles. The fraction of sp³-hybridized carbons (Fsp3) is 0.364. The van der Waals surface area contributed by atoms with Crippen LogP contribution in [0.2, 0.25) is 5.02 Å². The van der Waals surface area contributed by atoms with Gasteiger partial charge in [0.05, 0.1) is 16.6 Å². The van der Waals surface area contributed by atoms with E-state index in [1.54, 1.807) is 42.7 Å². The number of halogens is 6. The summed E-state index contributed by atoms with van der Waals surface area (Å²) in [7, 11) is 0. The Labute approximate surface area is 293 Å². The number of nitrogens with one attached hydrogen (secondary N) is 1. The fourth-order valence-electron chi connectivity index (χ4n) is 5.59. The summed E-state index contributed by atoms with van der Waals surface area (Å²) >= 11 is 6.40. The molecule has 5 rings (SSSR count). The third-order valence-corrected chi connectivity index (χ3v) is 8.34. The predicted molar refractivity (Wildman–Crippen MR) is 176 cm³/mol. The third-order valence-electron chi connectivity index (χ3n) is 8.02. The van der Waals surface area contributed by atoms with Gasteiger partial charge in [-0.05, 0) is 57.0 Å². The molecule has 0 saturated heterocycles. The third kappa shape index (κ3) is 7.77. The van der Waals surface area contributed by atoms with Gasteiger partial charge in [-0.25, -0.2) is 37.9 Å². The average Bonchev–Trinajstić information content (AvgIpc) is 3.65. The largest absolute Gasteiger partial charge is 0.447 e. The Bertz CT molecular complexity index is 1920. The molecule has 0 aliphatic carbocycles. The molecule has 3 heterocycles. The molecule has 2 amide bonds. The highest BCUT2D eigenvalue weighted by Crippen LogP contribution is 2.44. The van der Waals surface area contributed by atoms with Gasteiger partial charge < -0.3 is 15.8 Å². The van der Waals surface area contributed by atoms with Crippen LogP contribution in [0.15, 0.2) is 72.2 Å². The van der Waals surface area contributed by atoms with E-state index in [9.17, 15) is 27.2 Å². The zero-order chi connectivity index (χ0) is 37.3. The summed E-state index contributed by atoms with van der Waals surface area (Å²) in [5, 5.41) is 5.59. The number of nitrogens with zero attached hydrogens (tertiary/aromatic N) is 7. The van der Waals surface area contributed by atoms with Crippen LogP contribution < -0.4 is 11.1 Å². The Balaban J connectivity index is 1.59. The van der Waals surface area contributed by atoms with E-state index in [2.05, 4.69) is 30.4 Å². The molecule has 1 unspecified atom stereocenters. The number of ether oxygens (including phenoxy) is 1. The van der Waals surface area contributed by atoms with Crippen LogP contribution >= 0.6 is 11.6 Å². The first-order valence-corrected chi connectivity index (χ1v) is 15.8. The predicted octanol–water partition coefficient (Wildman–Crippen LogP) is 6.45. The number of benzene rings is 2. The van der Waals surface area contributed by atoms with Crippen molar-refractivity contribution in [1.82, 2.24) is 34.9 Å². The van der Waals surface area contributed by atoms with Crippen molar-refractivity contribution in [3.05, 3.63) is 83.4 Å². The molecule has 2 atom stereocenters. The van der Waals surface area contributed by atoms with Crippen LogP contribution in [0, 0.1) is 0 Å². The van der Waals surface area contributed by atoms with E-state index in [0.29, 0.717) is 16.1 Å². The topological polar surface area (TPSA) is 154 Å². The number of amides is 2. The van der Waals surface area contributed by atoms with E-state index in [4.69, 9.17) is 22.1 Å². The minimum Gasteiger partial charge on any atom is -0.447 e. The van der Waals surface area contributed by atoms with E-state index in [-0.39, 0.29) is 27.5 Å². The SMILES string of the molecule is CC(C)(F)C[C@]1(c2ccc(-c3ncccn3)cc2)N=C(N)N(C(COC(=O)NC(C)(C)C(F)F)c2ccc(Cl)c(-c3ncnn3C(F)F)c2)C1=O. The quantitative estimate of drug-likeness (QED) is 0.158. The van der Waals surface area contributed by atoms with Crippen LogP contribution in [0.4, 0.5) is 26.7 Å². The van der Waals surface area contributed by atoms with Crippen LogP contribution in [0.1, 0.15) is 57.8 Å². The molecule has 1 aliphatic rings. The van der Waals surface area contributed by atoms with Crippen molar-refractivity contribution in [2.24, 2.45) is 10.7 Å². The van der Waals surface area contributed by atoms with Crippen LogP contribution in [0.3, 0.4) is 0 Å². The fourth-order valence-corrected chi connectivity index (χ4v) is 5.80. The molecule has 0 spiro atoms. The summed E-state index contributed by atoms with van der Waals surface area (Å²) in [6, 6.07) is 10.8. The first-order chi connectivity index (χ1) is 23.9. The van der Waals surface area contributed by atoms with Crippen molar-refractivity contribution in [3.63, 3.8) is 0 Å². The van der Waals surface area contributed by atoms with Gasteiger partial charge >= 0.3 is 12.6 Å². The Morgan fingerprint density at radius 1 is 1.04 bits per heavy atom. The first kappa shape index (κ1) is 37.1. The lowest BCUT2D eigenvalue weighted by Crippen LogP contribution is -2.50. The van der Waals surface area contributed by atoms with Crippen molar-refractivity contribution in [2.75, 3.05) is 6.61 Å². The lowest BCUT2D eigenvalue weighted by atomic mass is 9.80. The van der Waals surface area contributed by atoms with Gasteiger partial charge in [-0.3, -0.25) is 9.69 Å². The maximum Gasteiger partial charge on any atom is 0.407 e.